The molecule has 1 heterocycles. The largest absolute Gasteiger partial charge is 0.547 e. The fourth-order valence-corrected chi connectivity index (χ4v) is 3.31. The van der Waals surface area contributed by atoms with Crippen LogP contribution in [0.4, 0.5) is 9.59 Å². The van der Waals surface area contributed by atoms with Crippen molar-refractivity contribution in [2.45, 2.75) is 32.4 Å². The zero-order chi connectivity index (χ0) is 24.9. The van der Waals surface area contributed by atoms with Gasteiger partial charge in [0.25, 0.3) is 0 Å². The molecule has 34 heavy (non-hydrogen) atoms. The second-order valence-corrected chi connectivity index (χ2v) is 8.73. The van der Waals surface area contributed by atoms with E-state index in [2.05, 4.69) is 10.3 Å². The second-order valence-electron chi connectivity index (χ2n) is 8.73. The molecule has 0 saturated heterocycles. The van der Waals surface area contributed by atoms with Gasteiger partial charge < -0.3 is 19.5 Å². The summed E-state index contributed by atoms with van der Waals surface area (Å²) in [5.74, 6) is -0.225. The van der Waals surface area contributed by atoms with Crippen LogP contribution < -0.4 is 4.74 Å². The van der Waals surface area contributed by atoms with E-state index in [0.717, 1.165) is 0 Å². The highest BCUT2D eigenvalue weighted by Crippen LogP contribution is 2.35. The van der Waals surface area contributed by atoms with Gasteiger partial charge in [-0.2, -0.15) is 4.79 Å². The summed E-state index contributed by atoms with van der Waals surface area (Å²) < 4.78 is 9.93. The molecule has 2 aromatic rings. The van der Waals surface area contributed by atoms with E-state index in [1.807, 2.05) is 0 Å². The number of nitrogens with zero attached hydrogens (tertiary/aromatic N) is 4. The molecule has 0 aliphatic carbocycles. The highest BCUT2D eigenvalue weighted by molar-refractivity contribution is 5.90. The normalized spacial score (nSPS) is 17.8. The summed E-state index contributed by atoms with van der Waals surface area (Å²) in [6, 6.07) is 14.1. The highest BCUT2D eigenvalue weighted by atomic mass is 16.6. The zero-order valence-electron chi connectivity index (χ0n) is 19.4. The van der Waals surface area contributed by atoms with Gasteiger partial charge in [0.05, 0.1) is 12.1 Å². The highest BCUT2D eigenvalue weighted by Gasteiger charge is 2.49. The Hall–Kier alpha value is -4.05. The number of hydrogen-bond acceptors (Lipinski definition) is 7. The van der Waals surface area contributed by atoms with Gasteiger partial charge in [-0.3, -0.25) is 0 Å². The van der Waals surface area contributed by atoms with Crippen molar-refractivity contribution in [1.82, 2.24) is 4.90 Å². The van der Waals surface area contributed by atoms with Crippen molar-refractivity contribution in [2.75, 3.05) is 13.6 Å². The minimum atomic E-state index is -1.26. The lowest BCUT2D eigenvalue weighted by molar-refractivity contribution is -0.846. The number of likely N-dealkylation sites (N-methyl/N-ethyl adjacent to an activating group) is 1. The summed E-state index contributed by atoms with van der Waals surface area (Å²) in [5, 5.41) is 17.7. The Morgan fingerprint density at radius 2 is 1.71 bits per heavy atom. The lowest BCUT2D eigenvalue weighted by Gasteiger charge is -2.32. The van der Waals surface area contributed by atoms with Gasteiger partial charge in [-0.15, -0.1) is 5.11 Å². The van der Waals surface area contributed by atoms with Gasteiger partial charge in [-0.25, -0.2) is 9.59 Å². The number of hydrogen-bond donors (Lipinski definition) is 1. The van der Waals surface area contributed by atoms with E-state index in [4.69, 9.17) is 9.47 Å². The van der Waals surface area contributed by atoms with Crippen LogP contribution in [0, 0.1) is 0 Å². The number of carbonyl (C=O) groups is 3. The number of benzene rings is 2. The number of amides is 2. The summed E-state index contributed by atoms with van der Waals surface area (Å²) in [5.41, 5.74) is 0.238. The van der Waals surface area contributed by atoms with Crippen molar-refractivity contribution in [3.63, 3.8) is 0 Å². The predicted octanol–water partition coefficient (Wildman–Crippen LogP) is 5.16. The molecule has 2 amide bonds. The number of quaternary nitrogens is 1. The molecule has 1 aliphatic rings. The molecule has 3 rings (SSSR count). The number of ether oxygens (including phenoxy) is 2. The quantitative estimate of drug-likeness (QED) is 0.356. The van der Waals surface area contributed by atoms with Crippen LogP contribution in [0.25, 0.3) is 0 Å². The van der Waals surface area contributed by atoms with Gasteiger partial charge in [0.2, 0.25) is 0 Å². The Morgan fingerprint density at radius 3 is 2.24 bits per heavy atom. The van der Waals surface area contributed by atoms with E-state index in [-0.39, 0.29) is 12.3 Å². The van der Waals surface area contributed by atoms with Crippen molar-refractivity contribution in [1.29, 1.82) is 0 Å². The fourth-order valence-electron chi connectivity index (χ4n) is 3.31. The molecule has 1 aliphatic heterocycles. The summed E-state index contributed by atoms with van der Waals surface area (Å²) in [4.78, 5) is 38.4. The molecule has 2 atom stereocenters. The van der Waals surface area contributed by atoms with Gasteiger partial charge in [0.1, 0.15) is 17.6 Å². The molecule has 2 unspecified atom stereocenters. The SMILES string of the molecule is CN(CC(c1ccc(OC(=O)c2ccccc2)cc1)[N+]1(C(=O)O)C=CN=N1)C(=O)OC(C)(C)C. The van der Waals surface area contributed by atoms with E-state index >= 15 is 0 Å². The minimum Gasteiger partial charge on any atom is -0.444 e. The molecule has 0 spiro atoms. The van der Waals surface area contributed by atoms with Gasteiger partial charge in [-0.1, -0.05) is 18.2 Å². The molecule has 10 heteroatoms. The van der Waals surface area contributed by atoms with Crippen molar-refractivity contribution < 1.29 is 33.6 Å². The van der Waals surface area contributed by atoms with Crippen molar-refractivity contribution >= 4 is 18.2 Å². The molecule has 1 N–H and O–H groups in total. The van der Waals surface area contributed by atoms with Gasteiger partial charge in [0.15, 0.2) is 12.2 Å². The van der Waals surface area contributed by atoms with Gasteiger partial charge in [-0.05, 0) is 61.8 Å². The van der Waals surface area contributed by atoms with Crippen LogP contribution in [0.5, 0.6) is 5.75 Å². The van der Waals surface area contributed by atoms with Crippen LogP contribution in [0.2, 0.25) is 0 Å². The second kappa shape index (κ2) is 9.84. The molecule has 0 saturated carbocycles. The minimum absolute atomic E-state index is 0.0340. The number of esters is 1. The van der Waals surface area contributed by atoms with Gasteiger partial charge >= 0.3 is 18.2 Å². The Kier molecular flexibility index (Phi) is 7.11. The zero-order valence-corrected chi connectivity index (χ0v) is 19.4. The molecular formula is C24H27N4O6+. The van der Waals surface area contributed by atoms with Crippen molar-refractivity contribution in [3.8, 4) is 5.75 Å². The summed E-state index contributed by atoms with van der Waals surface area (Å²) in [7, 11) is 1.52. The number of rotatable bonds is 6. The van der Waals surface area contributed by atoms with Crippen LogP contribution in [0.15, 0.2) is 77.3 Å². The monoisotopic (exact) mass is 467 g/mol. The van der Waals surface area contributed by atoms with Crippen LogP contribution in [-0.2, 0) is 4.74 Å². The third-order valence-corrected chi connectivity index (χ3v) is 4.98. The fraction of sp³-hybridized carbons (Fsp3) is 0.292. The lowest BCUT2D eigenvalue weighted by atomic mass is 10.0. The van der Waals surface area contributed by atoms with E-state index in [1.54, 1.807) is 75.4 Å². The molecule has 0 aromatic heterocycles. The standard InChI is InChI=1S/C24H26N4O6/c1-24(2,3)34-22(30)27(4)16-20(28(23(31)32)15-14-25-26-28)17-10-12-19(13-11-17)33-21(29)18-8-6-5-7-9-18/h5-15,20H,16H2,1-4H3/p+1. The van der Waals surface area contributed by atoms with Gasteiger partial charge in [0, 0.05) is 17.8 Å². The maximum atomic E-state index is 12.5. The van der Waals surface area contributed by atoms with E-state index in [9.17, 15) is 19.5 Å². The van der Waals surface area contributed by atoms with Crippen LogP contribution >= 0.6 is 0 Å². The van der Waals surface area contributed by atoms with E-state index in [1.165, 1.54) is 24.3 Å². The average molecular weight is 468 g/mol. The maximum absolute atomic E-state index is 12.5. The first kappa shape index (κ1) is 24.6. The molecule has 0 radical (unpaired) electrons. The average Bonchev–Trinajstić information content (AvgIpc) is 3.28. The molecule has 0 bridgehead atoms. The smallest absolute Gasteiger partial charge is 0.444 e. The van der Waals surface area contributed by atoms with E-state index in [0.29, 0.717) is 11.1 Å². The summed E-state index contributed by atoms with van der Waals surface area (Å²) in [6.07, 6.45) is 0.762. The summed E-state index contributed by atoms with van der Waals surface area (Å²) in [6.45, 7) is 5.20. The topological polar surface area (TPSA) is 118 Å². The molecule has 178 valence electrons. The molecule has 2 aromatic carbocycles. The lowest BCUT2D eigenvalue weighted by Crippen LogP contribution is -2.49. The van der Waals surface area contributed by atoms with Crippen LogP contribution in [0.3, 0.4) is 0 Å². The third kappa shape index (κ3) is 5.65. The number of carboxylic acid groups (broad SMARTS) is 1. The first-order chi connectivity index (χ1) is 16.0. The molecule has 0 fully saturated rings. The Labute approximate surface area is 197 Å². The van der Waals surface area contributed by atoms with E-state index < -0.39 is 34.4 Å². The summed E-state index contributed by atoms with van der Waals surface area (Å²) >= 11 is 0. The Morgan fingerprint density at radius 1 is 1.06 bits per heavy atom. The van der Waals surface area contributed by atoms with Crippen LogP contribution in [-0.4, -0.2) is 51.9 Å². The van der Waals surface area contributed by atoms with Crippen molar-refractivity contribution in [3.05, 3.63) is 78.1 Å². The Bertz CT molecular complexity index is 1090. The van der Waals surface area contributed by atoms with Crippen molar-refractivity contribution in [2.24, 2.45) is 10.3 Å². The number of carbonyl (C=O) groups excluding carboxylic acids is 2. The first-order valence-electron chi connectivity index (χ1n) is 10.6. The first-order valence-corrected chi connectivity index (χ1v) is 10.6. The maximum Gasteiger partial charge on any atom is 0.547 e. The Balaban J connectivity index is 1.87. The van der Waals surface area contributed by atoms with Crippen LogP contribution in [0.1, 0.15) is 42.7 Å². The predicted molar refractivity (Wildman–Crippen MR) is 122 cm³/mol. The molecule has 10 nitrogen and oxygen atoms in total. The third-order valence-electron chi connectivity index (χ3n) is 4.98. The molecular weight excluding hydrogens is 440 g/mol.